The Kier molecular flexibility index (Phi) is 4.57. The van der Waals surface area contributed by atoms with Crippen molar-refractivity contribution in [1.82, 2.24) is 4.31 Å². The first-order chi connectivity index (χ1) is 11.4. The Morgan fingerprint density at radius 1 is 1.04 bits per heavy atom. The first-order valence-electron chi connectivity index (χ1n) is 7.44. The van der Waals surface area contributed by atoms with Crippen LogP contribution in [0.15, 0.2) is 40.6 Å². The summed E-state index contributed by atoms with van der Waals surface area (Å²) in [7, 11) is -3.43. The predicted octanol–water partition coefficient (Wildman–Crippen LogP) is 2.48. The summed E-state index contributed by atoms with van der Waals surface area (Å²) in [5.41, 5.74) is 0.914. The quantitative estimate of drug-likeness (QED) is 0.612. The monoisotopic (exact) mass is 367 g/mol. The van der Waals surface area contributed by atoms with Gasteiger partial charge in [0.1, 0.15) is 4.21 Å². The van der Waals surface area contributed by atoms with E-state index >= 15 is 0 Å². The van der Waals surface area contributed by atoms with Gasteiger partial charge < -0.3 is 4.90 Å². The van der Waals surface area contributed by atoms with E-state index in [1.54, 1.807) is 18.2 Å². The van der Waals surface area contributed by atoms with Crippen LogP contribution in [0.5, 0.6) is 0 Å². The molecule has 1 fully saturated rings. The number of nitrogens with zero attached hydrogens (tertiary/aromatic N) is 3. The van der Waals surface area contributed by atoms with Crippen LogP contribution in [0.4, 0.5) is 11.4 Å². The van der Waals surface area contributed by atoms with Crippen molar-refractivity contribution in [2.24, 2.45) is 0 Å². The minimum atomic E-state index is -3.43. The second kappa shape index (κ2) is 6.50. The van der Waals surface area contributed by atoms with Crippen LogP contribution >= 0.6 is 11.3 Å². The zero-order valence-corrected chi connectivity index (χ0v) is 14.7. The molecule has 1 aliphatic rings. The first kappa shape index (κ1) is 16.9. The molecule has 128 valence electrons. The van der Waals surface area contributed by atoms with E-state index in [0.717, 1.165) is 10.6 Å². The van der Waals surface area contributed by atoms with Crippen LogP contribution in [0, 0.1) is 17.0 Å². The highest BCUT2D eigenvalue weighted by Gasteiger charge is 2.29. The molecular formula is C15H17N3O4S2. The molecule has 0 bridgehead atoms. The largest absolute Gasteiger partial charge is 0.369 e. The van der Waals surface area contributed by atoms with Crippen molar-refractivity contribution >= 4 is 32.7 Å². The molecule has 7 nitrogen and oxygen atoms in total. The number of sulfonamides is 1. The van der Waals surface area contributed by atoms with E-state index in [1.807, 2.05) is 17.9 Å². The fourth-order valence-electron chi connectivity index (χ4n) is 2.65. The summed E-state index contributed by atoms with van der Waals surface area (Å²) in [4.78, 5) is 13.3. The first-order valence-corrected chi connectivity index (χ1v) is 9.69. The molecule has 0 unspecified atom stereocenters. The molecular weight excluding hydrogens is 350 g/mol. The van der Waals surface area contributed by atoms with Crippen LogP contribution in [0.1, 0.15) is 4.88 Å². The van der Waals surface area contributed by atoms with Crippen molar-refractivity contribution in [2.45, 2.75) is 11.1 Å². The SMILES string of the molecule is Cc1ccc(S(=O)(=O)N2CCN(c3ccc([N+](=O)[O-])cc3)CC2)s1. The van der Waals surface area contributed by atoms with Gasteiger partial charge in [0.05, 0.1) is 4.92 Å². The van der Waals surface area contributed by atoms with Crippen molar-refractivity contribution in [3.63, 3.8) is 0 Å². The number of benzene rings is 1. The normalized spacial score (nSPS) is 16.3. The summed E-state index contributed by atoms with van der Waals surface area (Å²) < 4.78 is 27.1. The summed E-state index contributed by atoms with van der Waals surface area (Å²) in [5.74, 6) is 0. The van der Waals surface area contributed by atoms with Gasteiger partial charge in [-0.2, -0.15) is 4.31 Å². The van der Waals surface area contributed by atoms with Gasteiger partial charge in [0.15, 0.2) is 0 Å². The van der Waals surface area contributed by atoms with Gasteiger partial charge in [-0.15, -0.1) is 11.3 Å². The van der Waals surface area contributed by atoms with Gasteiger partial charge in [0, 0.05) is 48.9 Å². The Labute approximate surface area is 144 Å². The molecule has 0 amide bonds. The number of non-ortho nitro benzene ring substituents is 1. The highest BCUT2D eigenvalue weighted by molar-refractivity contribution is 7.91. The van der Waals surface area contributed by atoms with Crippen LogP contribution in [-0.4, -0.2) is 43.8 Å². The average Bonchev–Trinajstić information content (AvgIpc) is 3.02. The van der Waals surface area contributed by atoms with E-state index < -0.39 is 14.9 Å². The van der Waals surface area contributed by atoms with Gasteiger partial charge in [-0.3, -0.25) is 10.1 Å². The maximum Gasteiger partial charge on any atom is 0.269 e. The molecule has 0 aliphatic carbocycles. The lowest BCUT2D eigenvalue weighted by atomic mass is 10.2. The molecule has 0 spiro atoms. The maximum absolute atomic E-state index is 12.6. The number of piperazine rings is 1. The average molecular weight is 367 g/mol. The molecule has 1 saturated heterocycles. The van der Waals surface area contributed by atoms with E-state index in [0.29, 0.717) is 30.4 Å². The molecule has 24 heavy (non-hydrogen) atoms. The lowest BCUT2D eigenvalue weighted by Gasteiger charge is -2.35. The van der Waals surface area contributed by atoms with Gasteiger partial charge in [-0.25, -0.2) is 8.42 Å². The predicted molar refractivity (Wildman–Crippen MR) is 93.1 cm³/mol. The summed E-state index contributed by atoms with van der Waals surface area (Å²) in [6.07, 6.45) is 0. The van der Waals surface area contributed by atoms with E-state index in [2.05, 4.69) is 0 Å². The van der Waals surface area contributed by atoms with Crippen LogP contribution < -0.4 is 4.90 Å². The molecule has 9 heteroatoms. The summed E-state index contributed by atoms with van der Waals surface area (Å²) in [6, 6.07) is 9.79. The number of anilines is 1. The lowest BCUT2D eigenvalue weighted by Crippen LogP contribution is -2.48. The Hall–Kier alpha value is -1.97. The standard InChI is InChI=1S/C15H17N3O4S2/c1-12-2-7-15(23-12)24(21,22)17-10-8-16(9-11-17)13-3-5-14(6-4-13)18(19)20/h2-7H,8-11H2,1H3. The molecule has 1 aromatic carbocycles. The molecule has 0 N–H and O–H groups in total. The van der Waals surface area contributed by atoms with Crippen molar-refractivity contribution in [1.29, 1.82) is 0 Å². The number of nitro groups is 1. The van der Waals surface area contributed by atoms with Crippen LogP contribution in [0.3, 0.4) is 0 Å². The van der Waals surface area contributed by atoms with Gasteiger partial charge in [0.2, 0.25) is 0 Å². The van der Waals surface area contributed by atoms with Crippen molar-refractivity contribution in [2.75, 3.05) is 31.1 Å². The van der Waals surface area contributed by atoms with Crippen molar-refractivity contribution in [3.8, 4) is 0 Å². The Bertz CT molecular complexity index is 838. The topological polar surface area (TPSA) is 83.8 Å². The number of aryl methyl sites for hydroxylation is 1. The molecule has 1 aromatic heterocycles. The molecule has 2 aromatic rings. The molecule has 0 radical (unpaired) electrons. The highest BCUT2D eigenvalue weighted by atomic mass is 32.2. The summed E-state index contributed by atoms with van der Waals surface area (Å²) in [6.45, 7) is 3.80. The Morgan fingerprint density at radius 3 is 2.17 bits per heavy atom. The zero-order chi connectivity index (χ0) is 17.3. The minimum Gasteiger partial charge on any atom is -0.369 e. The number of nitro benzene ring substituents is 1. The third-order valence-electron chi connectivity index (χ3n) is 3.97. The number of rotatable bonds is 4. The van der Waals surface area contributed by atoms with Crippen LogP contribution in [-0.2, 0) is 10.0 Å². The Morgan fingerprint density at radius 2 is 1.67 bits per heavy atom. The van der Waals surface area contributed by atoms with Gasteiger partial charge >= 0.3 is 0 Å². The van der Waals surface area contributed by atoms with Gasteiger partial charge in [0.25, 0.3) is 15.7 Å². The van der Waals surface area contributed by atoms with Gasteiger partial charge in [-0.1, -0.05) is 0 Å². The number of hydrogen-bond donors (Lipinski definition) is 0. The molecule has 0 atom stereocenters. The molecule has 3 rings (SSSR count). The van der Waals surface area contributed by atoms with E-state index in [1.165, 1.54) is 27.8 Å². The second-order valence-corrected chi connectivity index (χ2v) is 8.98. The van der Waals surface area contributed by atoms with E-state index in [4.69, 9.17) is 0 Å². The van der Waals surface area contributed by atoms with E-state index in [9.17, 15) is 18.5 Å². The zero-order valence-electron chi connectivity index (χ0n) is 13.1. The summed E-state index contributed by atoms with van der Waals surface area (Å²) >= 11 is 1.28. The highest BCUT2D eigenvalue weighted by Crippen LogP contribution is 2.26. The van der Waals surface area contributed by atoms with Gasteiger partial charge in [-0.05, 0) is 31.2 Å². The molecule has 0 saturated carbocycles. The second-order valence-electron chi connectivity index (χ2n) is 5.53. The number of hydrogen-bond acceptors (Lipinski definition) is 6. The third-order valence-corrected chi connectivity index (χ3v) is 7.34. The smallest absolute Gasteiger partial charge is 0.269 e. The van der Waals surface area contributed by atoms with E-state index in [-0.39, 0.29) is 5.69 Å². The fourth-order valence-corrected chi connectivity index (χ4v) is 5.51. The molecule has 2 heterocycles. The summed E-state index contributed by atoms with van der Waals surface area (Å²) in [5, 5.41) is 10.7. The van der Waals surface area contributed by atoms with Crippen LogP contribution in [0.25, 0.3) is 0 Å². The van der Waals surface area contributed by atoms with Crippen molar-refractivity contribution in [3.05, 3.63) is 51.4 Å². The number of thiophene rings is 1. The third kappa shape index (κ3) is 3.28. The minimum absolute atomic E-state index is 0.0491. The Balaban J connectivity index is 1.68. The maximum atomic E-state index is 12.6. The lowest BCUT2D eigenvalue weighted by molar-refractivity contribution is -0.384. The molecule has 1 aliphatic heterocycles. The van der Waals surface area contributed by atoms with Crippen molar-refractivity contribution < 1.29 is 13.3 Å². The fraction of sp³-hybridized carbons (Fsp3) is 0.333. The van der Waals surface area contributed by atoms with Crippen LogP contribution in [0.2, 0.25) is 0 Å².